The fraction of sp³-hybridized carbons (Fsp3) is 0.143. The summed E-state index contributed by atoms with van der Waals surface area (Å²) in [5.41, 5.74) is 1.05. The number of rotatable bonds is 3. The van der Waals surface area contributed by atoms with E-state index in [-0.39, 0.29) is 5.16 Å². The molecule has 80 valence electrons. The molecule has 0 unspecified atom stereocenters. The topological polar surface area (TPSA) is 75.7 Å². The van der Waals surface area contributed by atoms with E-state index in [1.165, 1.54) is 0 Å². The number of hydrogen-bond acceptors (Lipinski definition) is 5. The van der Waals surface area contributed by atoms with Gasteiger partial charge in [-0.3, -0.25) is 5.10 Å². The van der Waals surface area contributed by atoms with Crippen molar-refractivity contribution in [2.45, 2.75) is 11.6 Å². The van der Waals surface area contributed by atoms with Crippen LogP contribution in [0.25, 0.3) is 0 Å². The molecule has 2 aromatic rings. The lowest BCUT2D eigenvalue weighted by atomic mass is 10.2. The van der Waals surface area contributed by atoms with Gasteiger partial charge in [0, 0.05) is 17.1 Å². The normalized spacial score (nSPS) is 11.8. The fourth-order valence-corrected chi connectivity index (χ4v) is 2.30. The van der Waals surface area contributed by atoms with Crippen LogP contribution in [0.15, 0.2) is 22.0 Å². The molecule has 0 amide bonds. The molecular formula is C7H6ClN3O2S2. The number of aromatic amines is 1. The van der Waals surface area contributed by atoms with Crippen LogP contribution in [-0.2, 0) is 15.5 Å². The Labute approximate surface area is 94.5 Å². The van der Waals surface area contributed by atoms with Crippen molar-refractivity contribution in [3.63, 3.8) is 0 Å². The monoisotopic (exact) mass is 263 g/mol. The minimum atomic E-state index is -3.84. The molecule has 2 heterocycles. The van der Waals surface area contributed by atoms with Gasteiger partial charge in [-0.2, -0.15) is 11.3 Å². The zero-order chi connectivity index (χ0) is 10.9. The molecule has 8 heteroatoms. The molecule has 15 heavy (non-hydrogen) atoms. The van der Waals surface area contributed by atoms with Crippen molar-refractivity contribution in [1.29, 1.82) is 0 Å². The summed E-state index contributed by atoms with van der Waals surface area (Å²) in [6, 6.07) is 1.93. The van der Waals surface area contributed by atoms with Gasteiger partial charge in [-0.15, -0.1) is 5.10 Å². The minimum absolute atomic E-state index is 0.380. The third-order valence-corrected chi connectivity index (χ3v) is 3.45. The van der Waals surface area contributed by atoms with Crippen molar-refractivity contribution in [2.75, 3.05) is 0 Å². The Balaban J connectivity index is 2.22. The van der Waals surface area contributed by atoms with Crippen molar-refractivity contribution >= 4 is 31.1 Å². The summed E-state index contributed by atoms with van der Waals surface area (Å²) in [7, 11) is 1.24. The van der Waals surface area contributed by atoms with E-state index < -0.39 is 9.05 Å². The molecule has 0 aromatic carbocycles. The molecule has 5 nitrogen and oxygen atoms in total. The lowest BCUT2D eigenvalue weighted by molar-refractivity contribution is 0.602. The molecule has 2 aromatic heterocycles. The first-order valence-corrected chi connectivity index (χ1v) is 7.18. The van der Waals surface area contributed by atoms with E-state index in [4.69, 9.17) is 10.7 Å². The number of aromatic nitrogens is 3. The summed E-state index contributed by atoms with van der Waals surface area (Å²) >= 11 is 1.56. The molecule has 0 saturated carbocycles. The van der Waals surface area contributed by atoms with Crippen LogP contribution in [0.3, 0.4) is 0 Å². The Morgan fingerprint density at radius 3 is 2.87 bits per heavy atom. The number of nitrogens with zero attached hydrogens (tertiary/aromatic N) is 2. The standard InChI is InChI=1S/C7H6ClN3O2S2/c8-15(12,13)7-9-6(10-11-7)3-5-1-2-14-4-5/h1-2,4H,3H2,(H,9,10,11). The Morgan fingerprint density at radius 1 is 1.53 bits per heavy atom. The molecule has 0 atom stereocenters. The first-order valence-electron chi connectivity index (χ1n) is 3.93. The van der Waals surface area contributed by atoms with Crippen LogP contribution in [0.2, 0.25) is 0 Å². The molecule has 0 radical (unpaired) electrons. The van der Waals surface area contributed by atoms with Crippen LogP contribution >= 0.6 is 22.0 Å². The highest BCUT2D eigenvalue weighted by Crippen LogP contribution is 2.12. The molecule has 0 aliphatic carbocycles. The molecule has 0 bridgehead atoms. The highest BCUT2D eigenvalue weighted by Gasteiger charge is 2.16. The maximum absolute atomic E-state index is 10.9. The average Bonchev–Trinajstić information content (AvgIpc) is 2.73. The quantitative estimate of drug-likeness (QED) is 0.849. The van der Waals surface area contributed by atoms with E-state index in [0.717, 1.165) is 5.56 Å². The van der Waals surface area contributed by atoms with Crippen LogP contribution in [0.5, 0.6) is 0 Å². The summed E-state index contributed by atoms with van der Waals surface area (Å²) < 4.78 is 21.7. The largest absolute Gasteiger partial charge is 0.298 e. The maximum Gasteiger partial charge on any atom is 0.298 e. The molecule has 2 rings (SSSR count). The van der Waals surface area contributed by atoms with Gasteiger partial charge in [-0.1, -0.05) is 0 Å². The third kappa shape index (κ3) is 2.55. The fourth-order valence-electron chi connectivity index (χ4n) is 1.05. The van der Waals surface area contributed by atoms with Gasteiger partial charge in [-0.25, -0.2) is 13.4 Å². The molecule has 0 fully saturated rings. The van der Waals surface area contributed by atoms with E-state index >= 15 is 0 Å². The minimum Gasteiger partial charge on any atom is -0.262 e. The Kier molecular flexibility index (Phi) is 2.76. The van der Waals surface area contributed by atoms with Crippen molar-refractivity contribution in [2.24, 2.45) is 0 Å². The molecule has 0 spiro atoms. The van der Waals surface area contributed by atoms with Gasteiger partial charge in [0.2, 0.25) is 0 Å². The predicted octanol–water partition coefficient (Wildman–Crippen LogP) is 1.38. The predicted molar refractivity (Wildman–Crippen MR) is 56.5 cm³/mol. The maximum atomic E-state index is 10.9. The average molecular weight is 264 g/mol. The van der Waals surface area contributed by atoms with Gasteiger partial charge in [0.25, 0.3) is 14.2 Å². The van der Waals surface area contributed by atoms with E-state index in [9.17, 15) is 8.42 Å². The lowest BCUT2D eigenvalue weighted by Gasteiger charge is -1.89. The number of thiophene rings is 1. The van der Waals surface area contributed by atoms with Gasteiger partial charge in [0.1, 0.15) is 5.82 Å². The molecular weight excluding hydrogens is 258 g/mol. The number of halogens is 1. The SMILES string of the molecule is O=S(=O)(Cl)c1n[nH]c(Cc2ccsc2)n1. The van der Waals surface area contributed by atoms with E-state index in [1.54, 1.807) is 11.3 Å². The summed E-state index contributed by atoms with van der Waals surface area (Å²) in [6.45, 7) is 0. The molecule has 0 aliphatic heterocycles. The van der Waals surface area contributed by atoms with Crippen molar-refractivity contribution in [1.82, 2.24) is 15.2 Å². The smallest absolute Gasteiger partial charge is 0.262 e. The van der Waals surface area contributed by atoms with Crippen LogP contribution in [0.1, 0.15) is 11.4 Å². The van der Waals surface area contributed by atoms with Gasteiger partial charge >= 0.3 is 0 Å². The highest BCUT2D eigenvalue weighted by molar-refractivity contribution is 8.13. The van der Waals surface area contributed by atoms with Crippen LogP contribution in [0.4, 0.5) is 0 Å². The van der Waals surface area contributed by atoms with E-state index in [2.05, 4.69) is 15.2 Å². The lowest BCUT2D eigenvalue weighted by Crippen LogP contribution is -1.93. The van der Waals surface area contributed by atoms with Crippen LogP contribution in [-0.4, -0.2) is 23.6 Å². The van der Waals surface area contributed by atoms with Crippen molar-refractivity contribution in [3.8, 4) is 0 Å². The van der Waals surface area contributed by atoms with Crippen LogP contribution < -0.4 is 0 Å². The summed E-state index contributed by atoms with van der Waals surface area (Å²) in [5.74, 6) is 0.479. The molecule has 1 N–H and O–H groups in total. The number of hydrogen-bond donors (Lipinski definition) is 1. The number of nitrogens with one attached hydrogen (secondary N) is 1. The van der Waals surface area contributed by atoms with Crippen LogP contribution in [0, 0.1) is 0 Å². The van der Waals surface area contributed by atoms with E-state index in [1.807, 2.05) is 16.8 Å². The van der Waals surface area contributed by atoms with Gasteiger partial charge in [0.05, 0.1) is 0 Å². The van der Waals surface area contributed by atoms with E-state index in [0.29, 0.717) is 12.2 Å². The zero-order valence-corrected chi connectivity index (χ0v) is 9.73. The molecule has 0 aliphatic rings. The van der Waals surface area contributed by atoms with Gasteiger partial charge < -0.3 is 0 Å². The summed E-state index contributed by atoms with van der Waals surface area (Å²) in [5, 5.41) is 9.56. The Bertz CT molecular complexity index is 547. The summed E-state index contributed by atoms with van der Waals surface area (Å²) in [4.78, 5) is 3.77. The van der Waals surface area contributed by atoms with Crippen molar-refractivity contribution < 1.29 is 8.42 Å². The first kappa shape index (κ1) is 10.6. The first-order chi connectivity index (χ1) is 7.05. The molecule has 0 saturated heterocycles. The third-order valence-electron chi connectivity index (χ3n) is 1.68. The Morgan fingerprint density at radius 2 is 2.33 bits per heavy atom. The Hall–Kier alpha value is -0.920. The zero-order valence-electron chi connectivity index (χ0n) is 7.34. The number of H-pyrrole nitrogens is 1. The second kappa shape index (κ2) is 3.92. The summed E-state index contributed by atoms with van der Waals surface area (Å²) in [6.07, 6.45) is 0.517. The van der Waals surface area contributed by atoms with Gasteiger partial charge in [-0.05, 0) is 22.4 Å². The second-order valence-electron chi connectivity index (χ2n) is 2.81. The van der Waals surface area contributed by atoms with Crippen molar-refractivity contribution in [3.05, 3.63) is 28.2 Å². The van der Waals surface area contributed by atoms with Gasteiger partial charge in [0.15, 0.2) is 0 Å². The highest BCUT2D eigenvalue weighted by atomic mass is 35.7. The second-order valence-corrected chi connectivity index (χ2v) is 6.05.